The van der Waals surface area contributed by atoms with Crippen LogP contribution in [0.25, 0.3) is 0 Å². The van der Waals surface area contributed by atoms with Crippen LogP contribution in [0.15, 0.2) is 5.16 Å². The van der Waals surface area contributed by atoms with Crippen LogP contribution in [-0.4, -0.2) is 34.9 Å². The molecular weight excluding hydrogens is 230 g/mol. The van der Waals surface area contributed by atoms with Crippen molar-refractivity contribution in [2.24, 2.45) is 22.7 Å². The zero-order valence-electron chi connectivity index (χ0n) is 11.6. The van der Waals surface area contributed by atoms with E-state index in [0.717, 1.165) is 18.8 Å². The Hall–Kier alpha value is -1.26. The third-order valence-electron chi connectivity index (χ3n) is 4.22. The van der Waals surface area contributed by atoms with E-state index in [9.17, 15) is 4.79 Å². The van der Waals surface area contributed by atoms with Crippen molar-refractivity contribution in [2.45, 2.75) is 52.0 Å². The molecule has 5 nitrogen and oxygen atoms in total. The second kappa shape index (κ2) is 6.61. The average molecular weight is 255 g/mol. The zero-order chi connectivity index (χ0) is 13.7. The van der Waals surface area contributed by atoms with Crippen LogP contribution in [0, 0.1) is 11.8 Å². The Kier molecular flexibility index (Phi) is 5.44. The number of hydrogen-bond acceptors (Lipinski definition) is 3. The number of rotatable bonds is 4. The van der Waals surface area contributed by atoms with Crippen molar-refractivity contribution in [1.82, 2.24) is 4.90 Å². The highest BCUT2D eigenvalue weighted by molar-refractivity contribution is 6.01. The molecule has 0 aliphatic heterocycles. The maximum absolute atomic E-state index is 12.1. The Labute approximate surface area is 109 Å². The number of amides is 1. The molecule has 18 heavy (non-hydrogen) atoms. The lowest BCUT2D eigenvalue weighted by Gasteiger charge is -2.35. The van der Waals surface area contributed by atoms with Crippen molar-refractivity contribution < 1.29 is 10.0 Å². The van der Waals surface area contributed by atoms with Gasteiger partial charge in [0.15, 0.2) is 5.84 Å². The molecule has 1 rings (SSSR count). The summed E-state index contributed by atoms with van der Waals surface area (Å²) in [5.74, 6) is 0.175. The third-order valence-corrected chi connectivity index (χ3v) is 4.22. The van der Waals surface area contributed by atoms with Crippen LogP contribution >= 0.6 is 0 Å². The van der Waals surface area contributed by atoms with Crippen molar-refractivity contribution in [1.29, 1.82) is 0 Å². The molecule has 1 aliphatic carbocycles. The van der Waals surface area contributed by atoms with Crippen LogP contribution in [0.3, 0.4) is 0 Å². The second-order valence-corrected chi connectivity index (χ2v) is 5.28. The van der Waals surface area contributed by atoms with Gasteiger partial charge in [-0.1, -0.05) is 18.5 Å². The van der Waals surface area contributed by atoms with Crippen LogP contribution in [0.5, 0.6) is 0 Å². The predicted molar refractivity (Wildman–Crippen MR) is 71.4 cm³/mol. The summed E-state index contributed by atoms with van der Waals surface area (Å²) in [6.45, 7) is 3.89. The van der Waals surface area contributed by atoms with E-state index >= 15 is 0 Å². The van der Waals surface area contributed by atoms with Crippen LogP contribution in [-0.2, 0) is 4.79 Å². The average Bonchev–Trinajstić information content (AvgIpc) is 2.44. The first kappa shape index (κ1) is 14.8. The van der Waals surface area contributed by atoms with Crippen molar-refractivity contribution in [3.63, 3.8) is 0 Å². The summed E-state index contributed by atoms with van der Waals surface area (Å²) in [4.78, 5) is 13.9. The third kappa shape index (κ3) is 3.37. The fraction of sp³-hybridized carbons (Fsp3) is 0.846. The van der Waals surface area contributed by atoms with E-state index in [0.29, 0.717) is 6.04 Å². The molecule has 1 fully saturated rings. The summed E-state index contributed by atoms with van der Waals surface area (Å²) in [5, 5.41) is 11.5. The first-order valence-corrected chi connectivity index (χ1v) is 6.75. The normalized spacial score (nSPS) is 26.7. The van der Waals surface area contributed by atoms with Crippen LogP contribution < -0.4 is 5.73 Å². The van der Waals surface area contributed by atoms with Gasteiger partial charge in [0.1, 0.15) is 0 Å². The fourth-order valence-electron chi connectivity index (χ4n) is 2.64. The monoisotopic (exact) mass is 255 g/mol. The predicted octanol–water partition coefficient (Wildman–Crippen LogP) is 1.80. The molecule has 0 aromatic rings. The van der Waals surface area contributed by atoms with Gasteiger partial charge in [0, 0.05) is 13.1 Å². The molecule has 3 N–H and O–H groups in total. The highest BCUT2D eigenvalue weighted by atomic mass is 16.4. The first-order chi connectivity index (χ1) is 8.51. The van der Waals surface area contributed by atoms with Crippen LogP contribution in [0.2, 0.25) is 0 Å². The number of oxime groups is 1. The molecule has 0 aromatic heterocycles. The van der Waals surface area contributed by atoms with Gasteiger partial charge >= 0.3 is 0 Å². The lowest BCUT2D eigenvalue weighted by molar-refractivity contribution is -0.134. The molecule has 1 aliphatic rings. The molecule has 0 bridgehead atoms. The molecule has 0 spiro atoms. The van der Waals surface area contributed by atoms with E-state index in [1.807, 2.05) is 7.05 Å². The number of carbonyl (C=O) groups excluding carboxylic acids is 1. The summed E-state index contributed by atoms with van der Waals surface area (Å²) in [6, 6.07) is 0.300. The summed E-state index contributed by atoms with van der Waals surface area (Å²) in [7, 11) is 1.82. The molecule has 0 radical (unpaired) electrons. The molecule has 5 heteroatoms. The van der Waals surface area contributed by atoms with Crippen LogP contribution in [0.4, 0.5) is 0 Å². The summed E-state index contributed by atoms with van der Waals surface area (Å²) in [6.07, 6.45) is 5.73. The largest absolute Gasteiger partial charge is 0.409 e. The van der Waals surface area contributed by atoms with E-state index in [2.05, 4.69) is 12.1 Å². The van der Waals surface area contributed by atoms with E-state index < -0.39 is 5.92 Å². The SMILES string of the molecule is CCC1CCC(N(C)C(=O)C(C)C(N)=NO)CC1. The van der Waals surface area contributed by atoms with E-state index in [1.54, 1.807) is 11.8 Å². The smallest absolute Gasteiger partial charge is 0.233 e. The van der Waals surface area contributed by atoms with Crippen molar-refractivity contribution in [3.05, 3.63) is 0 Å². The number of amidine groups is 1. The van der Waals surface area contributed by atoms with Gasteiger partial charge in [-0.05, 0) is 38.5 Å². The summed E-state index contributed by atoms with van der Waals surface area (Å²) in [5.41, 5.74) is 5.48. The fourth-order valence-corrected chi connectivity index (χ4v) is 2.64. The second-order valence-electron chi connectivity index (χ2n) is 5.28. The Morgan fingerprint density at radius 2 is 2.00 bits per heavy atom. The molecule has 1 unspecified atom stereocenters. The number of carbonyl (C=O) groups is 1. The molecule has 104 valence electrons. The number of hydrogen-bond donors (Lipinski definition) is 2. The van der Waals surface area contributed by atoms with Gasteiger partial charge in [0.2, 0.25) is 5.91 Å². The first-order valence-electron chi connectivity index (χ1n) is 6.75. The van der Waals surface area contributed by atoms with Gasteiger partial charge in [0.25, 0.3) is 0 Å². The number of nitrogens with two attached hydrogens (primary N) is 1. The quantitative estimate of drug-likeness (QED) is 0.348. The van der Waals surface area contributed by atoms with Gasteiger partial charge in [0.05, 0.1) is 5.92 Å². The van der Waals surface area contributed by atoms with Gasteiger partial charge in [-0.3, -0.25) is 4.79 Å². The lowest BCUT2D eigenvalue weighted by Crippen LogP contribution is -2.45. The minimum Gasteiger partial charge on any atom is -0.409 e. The highest BCUT2D eigenvalue weighted by Gasteiger charge is 2.29. The Morgan fingerprint density at radius 1 is 1.44 bits per heavy atom. The number of nitrogens with zero attached hydrogens (tertiary/aromatic N) is 2. The maximum atomic E-state index is 12.1. The summed E-state index contributed by atoms with van der Waals surface area (Å²) < 4.78 is 0. The lowest BCUT2D eigenvalue weighted by atomic mass is 9.84. The molecule has 1 saturated carbocycles. The Bertz CT molecular complexity index is 309. The highest BCUT2D eigenvalue weighted by Crippen LogP contribution is 2.29. The van der Waals surface area contributed by atoms with E-state index in [4.69, 9.17) is 10.9 Å². The van der Waals surface area contributed by atoms with E-state index in [-0.39, 0.29) is 11.7 Å². The molecular formula is C13H25N3O2. The minimum absolute atomic E-state index is 0.0194. The van der Waals surface area contributed by atoms with Crippen molar-refractivity contribution in [2.75, 3.05) is 7.05 Å². The standard InChI is InChI=1S/C13H25N3O2/c1-4-10-5-7-11(8-6-10)16(3)13(17)9(2)12(14)15-18/h9-11,18H,4-8H2,1-3H3,(H2,14,15). The van der Waals surface area contributed by atoms with Gasteiger partial charge in [-0.25, -0.2) is 0 Å². The molecule has 0 heterocycles. The van der Waals surface area contributed by atoms with Crippen LogP contribution in [0.1, 0.15) is 46.0 Å². The van der Waals surface area contributed by atoms with Crippen molar-refractivity contribution >= 4 is 11.7 Å². The zero-order valence-corrected chi connectivity index (χ0v) is 11.6. The van der Waals surface area contributed by atoms with E-state index in [1.165, 1.54) is 19.3 Å². The minimum atomic E-state index is -0.552. The molecule has 1 atom stereocenters. The van der Waals surface area contributed by atoms with Gasteiger partial charge in [-0.2, -0.15) is 0 Å². The topological polar surface area (TPSA) is 78.9 Å². The maximum Gasteiger partial charge on any atom is 0.233 e. The molecule has 0 aromatic carbocycles. The molecule has 1 amide bonds. The van der Waals surface area contributed by atoms with Crippen molar-refractivity contribution in [3.8, 4) is 0 Å². The Balaban J connectivity index is 2.55. The molecule has 0 saturated heterocycles. The van der Waals surface area contributed by atoms with Gasteiger partial charge < -0.3 is 15.8 Å². The summed E-state index contributed by atoms with van der Waals surface area (Å²) >= 11 is 0. The van der Waals surface area contributed by atoms with Gasteiger partial charge in [-0.15, -0.1) is 0 Å². The Morgan fingerprint density at radius 3 is 2.44 bits per heavy atom.